The van der Waals surface area contributed by atoms with Gasteiger partial charge in [-0.05, 0) is 46.9 Å². The lowest BCUT2D eigenvalue weighted by Crippen LogP contribution is -2.34. The van der Waals surface area contributed by atoms with Crippen molar-refractivity contribution in [3.8, 4) is 0 Å². The number of nitro benzene ring substituents is 1. The number of amides is 3. The first-order chi connectivity index (χ1) is 18.7. The van der Waals surface area contributed by atoms with E-state index in [1.807, 2.05) is 42.5 Å². The number of nitrogens with one attached hydrogen (secondary N) is 3. The van der Waals surface area contributed by atoms with Gasteiger partial charge in [-0.2, -0.15) is 0 Å². The second-order valence-corrected chi connectivity index (χ2v) is 9.60. The zero-order valence-corrected chi connectivity index (χ0v) is 21.5. The first kappa shape index (κ1) is 25.7. The summed E-state index contributed by atoms with van der Waals surface area (Å²) in [6.07, 6.45) is 0.712. The number of non-ortho nitro benzene ring substituents is 1. The van der Waals surface area contributed by atoms with Crippen LogP contribution >= 0.6 is 0 Å². The molecule has 10 heteroatoms. The molecule has 0 unspecified atom stereocenters. The number of benzene rings is 3. The van der Waals surface area contributed by atoms with Crippen LogP contribution in [-0.2, 0) is 33.9 Å². The topological polar surface area (TPSA) is 134 Å². The summed E-state index contributed by atoms with van der Waals surface area (Å²) in [5.41, 5.74) is 6.13. The third-order valence-corrected chi connectivity index (χ3v) is 6.93. The maximum absolute atomic E-state index is 13.2. The molecule has 2 heterocycles. The molecule has 0 spiro atoms. The molecule has 0 aliphatic carbocycles. The smallest absolute Gasteiger partial charge is 0.270 e. The Morgan fingerprint density at radius 3 is 2.49 bits per heavy atom. The third kappa shape index (κ3) is 5.35. The first-order valence-electron chi connectivity index (χ1n) is 12.5. The van der Waals surface area contributed by atoms with E-state index in [4.69, 9.17) is 0 Å². The molecule has 39 heavy (non-hydrogen) atoms. The predicted octanol–water partition coefficient (Wildman–Crippen LogP) is 4.07. The van der Waals surface area contributed by atoms with Crippen LogP contribution < -0.4 is 16.0 Å². The summed E-state index contributed by atoms with van der Waals surface area (Å²) in [5.74, 6) is -0.467. The van der Waals surface area contributed by atoms with Crippen molar-refractivity contribution in [2.24, 2.45) is 0 Å². The number of carbonyl (C=O) groups is 3. The molecule has 3 aromatic rings. The lowest BCUT2D eigenvalue weighted by molar-refractivity contribution is -0.384. The summed E-state index contributed by atoms with van der Waals surface area (Å²) in [7, 11) is 0. The van der Waals surface area contributed by atoms with E-state index >= 15 is 0 Å². The summed E-state index contributed by atoms with van der Waals surface area (Å²) in [6.45, 7) is 4.57. The molecule has 3 amide bonds. The van der Waals surface area contributed by atoms with Crippen molar-refractivity contribution in [2.75, 3.05) is 17.2 Å². The molecule has 0 fully saturated rings. The Hall–Kier alpha value is -4.99. The Bertz CT molecular complexity index is 1540. The molecule has 0 bridgehead atoms. The molecule has 0 atom stereocenters. The number of anilines is 2. The van der Waals surface area contributed by atoms with Crippen molar-refractivity contribution in [3.63, 3.8) is 0 Å². The Balaban J connectivity index is 1.57. The minimum atomic E-state index is -0.488. The first-order valence-corrected chi connectivity index (χ1v) is 12.5. The number of hydrogen-bond acceptors (Lipinski definition) is 6. The summed E-state index contributed by atoms with van der Waals surface area (Å²) < 4.78 is 0. The van der Waals surface area contributed by atoms with E-state index in [0.717, 1.165) is 22.4 Å². The molecule has 2 aliphatic heterocycles. The van der Waals surface area contributed by atoms with Crippen LogP contribution in [0.2, 0.25) is 0 Å². The number of rotatable bonds is 6. The normalized spacial score (nSPS) is 15.1. The van der Waals surface area contributed by atoms with Crippen LogP contribution in [0.3, 0.4) is 0 Å². The van der Waals surface area contributed by atoms with Crippen LogP contribution in [0.4, 0.5) is 17.1 Å². The summed E-state index contributed by atoms with van der Waals surface area (Å²) in [5, 5.41) is 20.5. The molecule has 0 radical (unpaired) electrons. The van der Waals surface area contributed by atoms with Gasteiger partial charge >= 0.3 is 0 Å². The standard InChI is InChI=1S/C29H27N5O5/c1-17(35)30-15-19-3-5-20(6-4-19)28(27-25-14-24(34(38)39)9-10-26(25)32-29(27)37)31-23-8-7-22-16-33(18(2)36)12-11-21(22)13-23/h3-10,13-14,31H,11-12,15-16H2,1-2H3,(H,30,35)(H,32,37)/b28-27-. The van der Waals surface area contributed by atoms with Crippen LogP contribution in [0.25, 0.3) is 11.3 Å². The van der Waals surface area contributed by atoms with E-state index in [9.17, 15) is 24.5 Å². The third-order valence-electron chi connectivity index (χ3n) is 6.93. The quantitative estimate of drug-likeness (QED) is 0.252. The highest BCUT2D eigenvalue weighted by Gasteiger charge is 2.30. The predicted molar refractivity (Wildman–Crippen MR) is 147 cm³/mol. The van der Waals surface area contributed by atoms with Crippen LogP contribution in [0, 0.1) is 10.1 Å². The number of fused-ring (bicyclic) bond motifs is 2. The SMILES string of the molecule is CC(=O)NCc1ccc(/C(Nc2ccc3c(c2)CCN(C(C)=O)C3)=C2/C(=O)Nc3ccc([N+](=O)[O-])cc32)cc1. The van der Waals surface area contributed by atoms with Crippen molar-refractivity contribution in [1.29, 1.82) is 0 Å². The van der Waals surface area contributed by atoms with E-state index in [1.54, 1.807) is 11.8 Å². The molecule has 0 saturated carbocycles. The highest BCUT2D eigenvalue weighted by atomic mass is 16.6. The van der Waals surface area contributed by atoms with Gasteiger partial charge in [-0.3, -0.25) is 24.5 Å². The van der Waals surface area contributed by atoms with E-state index in [2.05, 4.69) is 16.0 Å². The fraction of sp³-hybridized carbons (Fsp3) is 0.207. The summed E-state index contributed by atoms with van der Waals surface area (Å²) in [6, 6.07) is 17.6. The average Bonchev–Trinajstić information content (AvgIpc) is 3.25. The molecule has 0 saturated heterocycles. The second-order valence-electron chi connectivity index (χ2n) is 9.60. The molecule has 10 nitrogen and oxygen atoms in total. The molecule has 5 rings (SSSR count). The van der Waals surface area contributed by atoms with E-state index in [-0.39, 0.29) is 23.4 Å². The van der Waals surface area contributed by atoms with Gasteiger partial charge in [0, 0.05) is 62.6 Å². The number of carbonyl (C=O) groups excluding carboxylic acids is 3. The van der Waals surface area contributed by atoms with Gasteiger partial charge in [-0.25, -0.2) is 0 Å². The highest BCUT2D eigenvalue weighted by Crippen LogP contribution is 2.39. The maximum atomic E-state index is 13.2. The van der Waals surface area contributed by atoms with Crippen molar-refractivity contribution in [1.82, 2.24) is 10.2 Å². The largest absolute Gasteiger partial charge is 0.354 e. The average molecular weight is 526 g/mol. The van der Waals surface area contributed by atoms with Crippen molar-refractivity contribution < 1.29 is 19.3 Å². The van der Waals surface area contributed by atoms with Crippen LogP contribution in [-0.4, -0.2) is 34.1 Å². The lowest BCUT2D eigenvalue weighted by atomic mass is 9.97. The van der Waals surface area contributed by atoms with Crippen molar-refractivity contribution in [3.05, 3.63) is 98.6 Å². The molecular formula is C29H27N5O5. The van der Waals surface area contributed by atoms with Crippen molar-refractivity contribution in [2.45, 2.75) is 33.4 Å². The molecule has 3 N–H and O–H groups in total. The van der Waals surface area contributed by atoms with Gasteiger partial charge in [0.2, 0.25) is 11.8 Å². The molecule has 198 valence electrons. The number of nitro groups is 1. The van der Waals surface area contributed by atoms with Gasteiger partial charge in [0.1, 0.15) is 0 Å². The van der Waals surface area contributed by atoms with Gasteiger partial charge in [0.15, 0.2) is 0 Å². The minimum absolute atomic E-state index is 0.0387. The monoisotopic (exact) mass is 525 g/mol. The zero-order valence-electron chi connectivity index (χ0n) is 21.5. The highest BCUT2D eigenvalue weighted by molar-refractivity contribution is 6.37. The van der Waals surface area contributed by atoms with Gasteiger partial charge < -0.3 is 20.9 Å². The summed E-state index contributed by atoms with van der Waals surface area (Å²) in [4.78, 5) is 49.2. The molecular weight excluding hydrogens is 498 g/mol. The van der Waals surface area contributed by atoms with E-state index in [0.29, 0.717) is 54.1 Å². The zero-order chi connectivity index (χ0) is 27.7. The Labute approximate surface area is 224 Å². The minimum Gasteiger partial charge on any atom is -0.354 e. The fourth-order valence-corrected chi connectivity index (χ4v) is 4.86. The number of hydrogen-bond donors (Lipinski definition) is 3. The van der Waals surface area contributed by atoms with Gasteiger partial charge in [-0.15, -0.1) is 0 Å². The van der Waals surface area contributed by atoms with Crippen LogP contribution in [0.5, 0.6) is 0 Å². The molecule has 0 aromatic heterocycles. The van der Waals surface area contributed by atoms with Crippen LogP contribution in [0.1, 0.15) is 41.7 Å². The van der Waals surface area contributed by atoms with Gasteiger partial charge in [0.05, 0.1) is 16.2 Å². The lowest BCUT2D eigenvalue weighted by Gasteiger charge is -2.28. The Morgan fingerprint density at radius 2 is 1.79 bits per heavy atom. The Morgan fingerprint density at radius 1 is 1.03 bits per heavy atom. The van der Waals surface area contributed by atoms with Gasteiger partial charge in [-0.1, -0.05) is 30.3 Å². The van der Waals surface area contributed by atoms with Crippen molar-refractivity contribution >= 4 is 46.1 Å². The van der Waals surface area contributed by atoms with Gasteiger partial charge in [0.25, 0.3) is 11.6 Å². The molecule has 3 aromatic carbocycles. The van der Waals surface area contributed by atoms with Crippen LogP contribution in [0.15, 0.2) is 60.7 Å². The second kappa shape index (κ2) is 10.4. The van der Waals surface area contributed by atoms with E-state index in [1.165, 1.54) is 25.1 Å². The summed E-state index contributed by atoms with van der Waals surface area (Å²) >= 11 is 0. The maximum Gasteiger partial charge on any atom is 0.270 e. The Kier molecular flexibility index (Phi) is 6.84. The fourth-order valence-electron chi connectivity index (χ4n) is 4.86. The number of nitrogens with zero attached hydrogens (tertiary/aromatic N) is 2. The van der Waals surface area contributed by atoms with E-state index < -0.39 is 4.92 Å². The molecule has 2 aliphatic rings.